The molecule has 20 heavy (non-hydrogen) atoms. The van der Waals surface area contributed by atoms with Crippen LogP contribution < -0.4 is 10.1 Å². The highest BCUT2D eigenvalue weighted by Gasteiger charge is 2.33. The summed E-state index contributed by atoms with van der Waals surface area (Å²) in [6.45, 7) is 0. The molecule has 0 spiro atoms. The Labute approximate surface area is 116 Å². The average molecular weight is 275 g/mol. The quantitative estimate of drug-likeness (QED) is 0.928. The Hall–Kier alpha value is -1.94. The Morgan fingerprint density at radius 3 is 2.70 bits per heavy atom. The van der Waals surface area contributed by atoms with Gasteiger partial charge >= 0.3 is 0 Å². The molecule has 3 rings (SSSR count). The SMILES string of the molecule is CNC1c2ccccc2CC1Oc1ccc(F)cc1F. The second-order valence-electron chi connectivity index (χ2n) is 4.90. The van der Waals surface area contributed by atoms with E-state index in [-0.39, 0.29) is 17.9 Å². The minimum absolute atomic E-state index is 0.00986. The highest BCUT2D eigenvalue weighted by Crippen LogP contribution is 2.34. The van der Waals surface area contributed by atoms with Gasteiger partial charge in [-0.05, 0) is 30.3 Å². The lowest BCUT2D eigenvalue weighted by atomic mass is 10.1. The predicted octanol–water partition coefficient (Wildman–Crippen LogP) is 3.23. The third-order valence-electron chi connectivity index (χ3n) is 3.67. The van der Waals surface area contributed by atoms with Gasteiger partial charge in [0.15, 0.2) is 11.6 Å². The van der Waals surface area contributed by atoms with Gasteiger partial charge in [0.25, 0.3) is 0 Å². The lowest BCUT2D eigenvalue weighted by Crippen LogP contribution is -2.30. The maximum atomic E-state index is 13.7. The number of benzene rings is 2. The fourth-order valence-electron chi connectivity index (χ4n) is 2.74. The molecule has 0 heterocycles. The van der Waals surface area contributed by atoms with Gasteiger partial charge < -0.3 is 10.1 Å². The van der Waals surface area contributed by atoms with Crippen molar-refractivity contribution in [1.29, 1.82) is 0 Å². The first-order chi connectivity index (χ1) is 9.69. The molecule has 2 aromatic carbocycles. The van der Waals surface area contributed by atoms with Crippen LogP contribution in [0.25, 0.3) is 0 Å². The Morgan fingerprint density at radius 2 is 1.95 bits per heavy atom. The topological polar surface area (TPSA) is 21.3 Å². The number of halogens is 2. The number of hydrogen-bond donors (Lipinski definition) is 1. The van der Waals surface area contributed by atoms with Crippen LogP contribution in [0.3, 0.4) is 0 Å². The standard InChI is InChI=1S/C16H15F2NO/c1-19-16-12-5-3-2-4-10(12)8-15(16)20-14-7-6-11(17)9-13(14)18/h2-7,9,15-16,19H,8H2,1H3. The van der Waals surface area contributed by atoms with E-state index < -0.39 is 11.6 Å². The van der Waals surface area contributed by atoms with E-state index in [2.05, 4.69) is 5.32 Å². The van der Waals surface area contributed by atoms with Crippen molar-refractivity contribution in [2.45, 2.75) is 18.6 Å². The first-order valence-electron chi connectivity index (χ1n) is 6.56. The van der Waals surface area contributed by atoms with Gasteiger partial charge in [0.2, 0.25) is 0 Å². The summed E-state index contributed by atoms with van der Waals surface area (Å²) in [6.07, 6.45) is 0.510. The summed E-state index contributed by atoms with van der Waals surface area (Å²) in [7, 11) is 1.85. The van der Waals surface area contributed by atoms with Crippen LogP contribution in [0.2, 0.25) is 0 Å². The van der Waals surface area contributed by atoms with Crippen LogP contribution in [0.15, 0.2) is 42.5 Å². The van der Waals surface area contributed by atoms with E-state index in [1.165, 1.54) is 23.3 Å². The molecule has 2 unspecified atom stereocenters. The molecule has 0 aromatic heterocycles. The Balaban J connectivity index is 1.85. The molecule has 4 heteroatoms. The van der Waals surface area contributed by atoms with Gasteiger partial charge in [0.1, 0.15) is 11.9 Å². The van der Waals surface area contributed by atoms with E-state index in [0.29, 0.717) is 6.42 Å². The molecule has 2 aromatic rings. The second kappa shape index (κ2) is 5.21. The molecule has 0 amide bonds. The Morgan fingerprint density at radius 1 is 1.15 bits per heavy atom. The number of likely N-dealkylation sites (N-methyl/N-ethyl adjacent to an activating group) is 1. The summed E-state index contributed by atoms with van der Waals surface area (Å²) in [4.78, 5) is 0. The van der Waals surface area contributed by atoms with E-state index >= 15 is 0 Å². The van der Waals surface area contributed by atoms with Crippen LogP contribution in [0.5, 0.6) is 5.75 Å². The molecule has 0 saturated carbocycles. The van der Waals surface area contributed by atoms with Crippen molar-refractivity contribution in [3.8, 4) is 5.75 Å². The predicted molar refractivity (Wildman–Crippen MR) is 72.7 cm³/mol. The second-order valence-corrected chi connectivity index (χ2v) is 4.90. The molecular formula is C16H15F2NO. The summed E-state index contributed by atoms with van der Waals surface area (Å²) in [5.41, 5.74) is 2.36. The van der Waals surface area contributed by atoms with E-state index in [1.54, 1.807) is 0 Å². The fourth-order valence-corrected chi connectivity index (χ4v) is 2.74. The molecule has 2 nitrogen and oxygen atoms in total. The number of ether oxygens (including phenoxy) is 1. The molecule has 0 radical (unpaired) electrons. The van der Waals surface area contributed by atoms with E-state index in [4.69, 9.17) is 4.74 Å². The minimum atomic E-state index is -0.671. The zero-order chi connectivity index (χ0) is 14.1. The molecular weight excluding hydrogens is 260 g/mol. The van der Waals surface area contributed by atoms with Gasteiger partial charge in [0.05, 0.1) is 6.04 Å². The van der Waals surface area contributed by atoms with Crippen molar-refractivity contribution < 1.29 is 13.5 Å². The number of fused-ring (bicyclic) bond motifs is 1. The van der Waals surface area contributed by atoms with Gasteiger partial charge in [-0.2, -0.15) is 0 Å². The lowest BCUT2D eigenvalue weighted by Gasteiger charge is -2.21. The van der Waals surface area contributed by atoms with Crippen LogP contribution in [0.4, 0.5) is 8.78 Å². The van der Waals surface area contributed by atoms with Crippen LogP contribution in [-0.2, 0) is 6.42 Å². The summed E-state index contributed by atoms with van der Waals surface area (Å²) < 4.78 is 32.3. The fraction of sp³-hybridized carbons (Fsp3) is 0.250. The van der Waals surface area contributed by atoms with Gasteiger partial charge in [0, 0.05) is 12.5 Å². The van der Waals surface area contributed by atoms with E-state index in [1.807, 2.05) is 31.3 Å². The van der Waals surface area contributed by atoms with E-state index in [9.17, 15) is 8.78 Å². The molecule has 0 bridgehead atoms. The minimum Gasteiger partial charge on any atom is -0.485 e. The average Bonchev–Trinajstić information content (AvgIpc) is 2.79. The van der Waals surface area contributed by atoms with Crippen LogP contribution in [0.1, 0.15) is 17.2 Å². The Kier molecular flexibility index (Phi) is 3.40. The summed E-state index contributed by atoms with van der Waals surface area (Å²) in [6, 6.07) is 11.4. The molecule has 104 valence electrons. The van der Waals surface area contributed by atoms with Crippen LogP contribution >= 0.6 is 0 Å². The van der Waals surface area contributed by atoms with Crippen molar-refractivity contribution >= 4 is 0 Å². The third kappa shape index (κ3) is 2.27. The van der Waals surface area contributed by atoms with E-state index in [0.717, 1.165) is 6.07 Å². The molecule has 0 aliphatic heterocycles. The summed E-state index contributed by atoms with van der Waals surface area (Å²) in [5, 5.41) is 3.20. The zero-order valence-corrected chi connectivity index (χ0v) is 11.1. The number of nitrogens with one attached hydrogen (secondary N) is 1. The highest BCUT2D eigenvalue weighted by atomic mass is 19.1. The number of rotatable bonds is 3. The lowest BCUT2D eigenvalue weighted by molar-refractivity contribution is 0.164. The summed E-state index contributed by atoms with van der Waals surface area (Å²) in [5.74, 6) is -1.19. The van der Waals surface area contributed by atoms with Crippen molar-refractivity contribution in [1.82, 2.24) is 5.32 Å². The van der Waals surface area contributed by atoms with Crippen LogP contribution in [0, 0.1) is 11.6 Å². The first kappa shape index (κ1) is 13.1. The molecule has 0 fully saturated rings. The van der Waals surface area contributed by atoms with Crippen molar-refractivity contribution in [2.24, 2.45) is 0 Å². The molecule has 1 aliphatic carbocycles. The maximum Gasteiger partial charge on any atom is 0.167 e. The smallest absolute Gasteiger partial charge is 0.167 e. The van der Waals surface area contributed by atoms with Crippen molar-refractivity contribution in [3.05, 3.63) is 65.2 Å². The molecule has 1 N–H and O–H groups in total. The first-order valence-corrected chi connectivity index (χ1v) is 6.56. The third-order valence-corrected chi connectivity index (χ3v) is 3.67. The largest absolute Gasteiger partial charge is 0.485 e. The van der Waals surface area contributed by atoms with Gasteiger partial charge in [-0.1, -0.05) is 24.3 Å². The number of hydrogen-bond acceptors (Lipinski definition) is 2. The summed E-state index contributed by atoms with van der Waals surface area (Å²) >= 11 is 0. The highest BCUT2D eigenvalue weighted by molar-refractivity contribution is 5.37. The van der Waals surface area contributed by atoms with Crippen molar-refractivity contribution in [3.63, 3.8) is 0 Å². The maximum absolute atomic E-state index is 13.7. The van der Waals surface area contributed by atoms with Gasteiger partial charge in [-0.3, -0.25) is 0 Å². The Bertz CT molecular complexity index is 630. The zero-order valence-electron chi connectivity index (χ0n) is 11.1. The monoisotopic (exact) mass is 275 g/mol. The van der Waals surface area contributed by atoms with Crippen molar-refractivity contribution in [2.75, 3.05) is 7.05 Å². The molecule has 0 saturated heterocycles. The van der Waals surface area contributed by atoms with Crippen LogP contribution in [-0.4, -0.2) is 13.2 Å². The normalized spacial score (nSPS) is 20.8. The molecule has 2 atom stereocenters. The van der Waals surface area contributed by atoms with Gasteiger partial charge in [-0.25, -0.2) is 8.78 Å². The molecule has 1 aliphatic rings. The van der Waals surface area contributed by atoms with Gasteiger partial charge in [-0.15, -0.1) is 0 Å².